The van der Waals surface area contributed by atoms with E-state index in [4.69, 9.17) is 19.9 Å². The van der Waals surface area contributed by atoms with Crippen molar-refractivity contribution in [2.75, 3.05) is 6.54 Å². The maximum Gasteiger partial charge on any atom is 0.329 e. The molecule has 1 aromatic carbocycles. The number of nitrogens with zero attached hydrogens (tertiary/aromatic N) is 2. The van der Waals surface area contributed by atoms with Gasteiger partial charge in [0, 0.05) is 43.7 Å². The fraction of sp³-hybridized carbons (Fsp3) is 0.535. The number of para-hydroxylation sites is 1. The summed E-state index contributed by atoms with van der Waals surface area (Å²) in [5, 5.41) is 11.7. The molecule has 2 aromatic heterocycles. The van der Waals surface area contributed by atoms with Gasteiger partial charge in [0.05, 0.1) is 5.52 Å². The maximum atomic E-state index is 13.6. The minimum absolute atomic E-state index is 0.107. The Labute approximate surface area is 346 Å². The van der Waals surface area contributed by atoms with Crippen LogP contribution >= 0.6 is 0 Å². The standard InChI is InChI=1S/C43H61N7O9/c1-41(2,3)57-35(51)20-19-33(39(55)59-43(7,8)9)50-40(56)49-32(38(54)58-42(4,5)6)16-12-13-21-45-36(52)34(48-37(53)31-18-17-27(24-44)25-47-31)23-28-22-29-14-10-11-15-30(29)46-26-28/h10-11,14-15,17-18,22,25-26,32-34H,12-13,16,19-21,23-24,44H2,1-9H3,(H,45,52)(H,48,53)(H2,49,50,56)/t32-,33-,34-/m0/s1. The molecular weight excluding hydrogens is 759 g/mol. The molecule has 59 heavy (non-hydrogen) atoms. The van der Waals surface area contributed by atoms with Crippen LogP contribution in [0.4, 0.5) is 4.79 Å². The second kappa shape index (κ2) is 21.4. The Morgan fingerprint density at radius 2 is 1.27 bits per heavy atom. The van der Waals surface area contributed by atoms with Crippen molar-refractivity contribution in [3.8, 4) is 0 Å². The first kappa shape index (κ1) is 47.7. The van der Waals surface area contributed by atoms with Gasteiger partial charge >= 0.3 is 23.9 Å². The van der Waals surface area contributed by atoms with E-state index < -0.39 is 70.7 Å². The summed E-state index contributed by atoms with van der Waals surface area (Å²) in [5.74, 6) is -2.98. The number of hydrogen-bond acceptors (Lipinski definition) is 12. The number of carbonyl (C=O) groups is 6. The topological polar surface area (TPSA) is 230 Å². The molecule has 16 heteroatoms. The van der Waals surface area contributed by atoms with E-state index in [-0.39, 0.29) is 44.5 Å². The number of hydrogen-bond donors (Lipinski definition) is 5. The largest absolute Gasteiger partial charge is 0.460 e. The molecule has 3 atom stereocenters. The molecule has 4 amide bonds. The summed E-state index contributed by atoms with van der Waals surface area (Å²) >= 11 is 0. The van der Waals surface area contributed by atoms with Gasteiger partial charge in [0.2, 0.25) is 5.91 Å². The van der Waals surface area contributed by atoms with E-state index in [0.717, 1.165) is 22.0 Å². The molecule has 3 aromatic rings. The first-order valence-corrected chi connectivity index (χ1v) is 19.8. The summed E-state index contributed by atoms with van der Waals surface area (Å²) in [6.45, 7) is 15.7. The highest BCUT2D eigenvalue weighted by Gasteiger charge is 2.31. The summed E-state index contributed by atoms with van der Waals surface area (Å²) in [6, 6.07) is 8.55. The van der Waals surface area contributed by atoms with Gasteiger partial charge in [-0.15, -0.1) is 0 Å². The number of pyridine rings is 2. The Bertz CT molecular complexity index is 1920. The van der Waals surface area contributed by atoms with Crippen LogP contribution in [0, 0.1) is 0 Å². The summed E-state index contributed by atoms with van der Waals surface area (Å²) in [7, 11) is 0. The van der Waals surface area contributed by atoms with Crippen molar-refractivity contribution in [2.24, 2.45) is 5.73 Å². The predicted molar refractivity (Wildman–Crippen MR) is 222 cm³/mol. The van der Waals surface area contributed by atoms with Crippen molar-refractivity contribution in [3.05, 3.63) is 71.7 Å². The lowest BCUT2D eigenvalue weighted by atomic mass is 10.0. The number of rotatable bonds is 18. The van der Waals surface area contributed by atoms with E-state index in [0.29, 0.717) is 12.8 Å². The Hall–Kier alpha value is -5.64. The zero-order valence-electron chi connectivity index (χ0n) is 35.7. The fourth-order valence-corrected chi connectivity index (χ4v) is 5.65. The monoisotopic (exact) mass is 819 g/mol. The number of carbonyl (C=O) groups excluding carboxylic acids is 6. The third-order valence-electron chi connectivity index (χ3n) is 8.27. The average molecular weight is 820 g/mol. The molecule has 0 aliphatic carbocycles. The zero-order chi connectivity index (χ0) is 44.0. The molecule has 16 nitrogen and oxygen atoms in total. The first-order valence-electron chi connectivity index (χ1n) is 19.8. The van der Waals surface area contributed by atoms with Crippen LogP contribution in [-0.4, -0.2) is 87.2 Å². The lowest BCUT2D eigenvalue weighted by molar-refractivity contribution is -0.159. The second-order valence-corrected chi connectivity index (χ2v) is 17.2. The van der Waals surface area contributed by atoms with Crippen molar-refractivity contribution in [1.29, 1.82) is 0 Å². The highest BCUT2D eigenvalue weighted by Crippen LogP contribution is 2.17. The van der Waals surface area contributed by atoms with Crippen LogP contribution in [0.15, 0.2) is 54.9 Å². The Kier molecular flexibility index (Phi) is 17.3. The number of nitrogens with two attached hydrogens (primary N) is 1. The Morgan fingerprint density at radius 3 is 1.85 bits per heavy atom. The Morgan fingerprint density at radius 1 is 0.678 bits per heavy atom. The van der Waals surface area contributed by atoms with Crippen LogP contribution < -0.4 is 27.0 Å². The SMILES string of the molecule is CC(C)(C)OC(=O)CC[C@H](NC(=O)N[C@@H](CCCCNC(=O)[C@H](Cc1cnc2ccccc2c1)NC(=O)c1ccc(CN)cn1)C(=O)OC(C)(C)C)C(=O)OC(C)(C)C. The lowest BCUT2D eigenvalue weighted by Crippen LogP contribution is -2.53. The van der Waals surface area contributed by atoms with Crippen LogP contribution in [0.2, 0.25) is 0 Å². The van der Waals surface area contributed by atoms with Gasteiger partial charge in [-0.25, -0.2) is 14.4 Å². The van der Waals surface area contributed by atoms with Crippen LogP contribution in [-0.2, 0) is 46.4 Å². The van der Waals surface area contributed by atoms with Gasteiger partial charge in [-0.2, -0.15) is 0 Å². The summed E-state index contributed by atoms with van der Waals surface area (Å²) in [6.07, 6.45) is 3.92. The smallest absolute Gasteiger partial charge is 0.329 e. The van der Waals surface area contributed by atoms with E-state index in [2.05, 4.69) is 31.2 Å². The van der Waals surface area contributed by atoms with Gasteiger partial charge in [0.15, 0.2) is 0 Å². The molecule has 0 radical (unpaired) electrons. The minimum atomic E-state index is -1.23. The highest BCUT2D eigenvalue weighted by molar-refractivity contribution is 5.96. The molecule has 322 valence electrons. The van der Waals surface area contributed by atoms with E-state index in [1.807, 2.05) is 30.3 Å². The van der Waals surface area contributed by atoms with Crippen LogP contribution in [0.3, 0.4) is 0 Å². The predicted octanol–water partition coefficient (Wildman–Crippen LogP) is 4.56. The van der Waals surface area contributed by atoms with Gasteiger partial charge < -0.3 is 41.2 Å². The number of esters is 3. The number of nitrogens with one attached hydrogen (secondary N) is 4. The molecule has 2 heterocycles. The van der Waals surface area contributed by atoms with Crippen molar-refractivity contribution in [1.82, 2.24) is 31.2 Å². The quantitative estimate of drug-likeness (QED) is 0.0676. The third kappa shape index (κ3) is 17.8. The molecule has 0 spiro atoms. The first-order chi connectivity index (χ1) is 27.5. The van der Waals surface area contributed by atoms with Crippen LogP contribution in [0.25, 0.3) is 10.9 Å². The van der Waals surface area contributed by atoms with Crippen molar-refractivity contribution >= 4 is 46.7 Å². The van der Waals surface area contributed by atoms with Gasteiger partial charge in [-0.1, -0.05) is 24.3 Å². The van der Waals surface area contributed by atoms with Gasteiger partial charge in [0.1, 0.15) is 40.6 Å². The number of amides is 4. The number of urea groups is 1. The molecule has 0 aliphatic heterocycles. The average Bonchev–Trinajstić information content (AvgIpc) is 3.13. The number of unbranched alkanes of at least 4 members (excludes halogenated alkanes) is 1. The lowest BCUT2D eigenvalue weighted by Gasteiger charge is -2.27. The minimum Gasteiger partial charge on any atom is -0.460 e. The fourth-order valence-electron chi connectivity index (χ4n) is 5.65. The van der Waals surface area contributed by atoms with Gasteiger partial charge in [-0.3, -0.25) is 24.4 Å². The molecule has 3 rings (SSSR count). The van der Waals surface area contributed by atoms with Gasteiger partial charge in [-0.05, 0) is 117 Å². The summed E-state index contributed by atoms with van der Waals surface area (Å²) < 4.78 is 16.4. The van der Waals surface area contributed by atoms with E-state index in [1.165, 1.54) is 6.20 Å². The highest BCUT2D eigenvalue weighted by atomic mass is 16.6. The number of fused-ring (bicyclic) bond motifs is 1. The zero-order valence-corrected chi connectivity index (χ0v) is 35.7. The number of aromatic nitrogens is 2. The van der Waals surface area contributed by atoms with Crippen molar-refractivity contribution < 1.29 is 43.0 Å². The number of ether oxygens (including phenoxy) is 3. The van der Waals surface area contributed by atoms with Crippen LogP contribution in [0.5, 0.6) is 0 Å². The molecule has 0 saturated carbocycles. The van der Waals surface area contributed by atoms with Gasteiger partial charge in [0.25, 0.3) is 5.91 Å². The molecule has 0 bridgehead atoms. The molecule has 0 saturated heterocycles. The van der Waals surface area contributed by atoms with E-state index in [9.17, 15) is 28.8 Å². The second-order valence-electron chi connectivity index (χ2n) is 17.2. The maximum absolute atomic E-state index is 13.6. The van der Waals surface area contributed by atoms with Crippen molar-refractivity contribution in [2.45, 2.75) is 142 Å². The molecule has 0 aliphatic rings. The third-order valence-corrected chi connectivity index (χ3v) is 8.27. The molecule has 0 unspecified atom stereocenters. The molecular formula is C43H61N7O9. The molecule has 0 fully saturated rings. The number of benzene rings is 1. The summed E-state index contributed by atoms with van der Waals surface area (Å²) in [4.78, 5) is 87.6. The van der Waals surface area contributed by atoms with Crippen LogP contribution in [0.1, 0.15) is 116 Å². The summed E-state index contributed by atoms with van der Waals surface area (Å²) in [5.41, 5.74) is 5.60. The normalized spacial score (nSPS) is 13.3. The van der Waals surface area contributed by atoms with E-state index in [1.54, 1.807) is 80.6 Å². The van der Waals surface area contributed by atoms with E-state index >= 15 is 0 Å². The van der Waals surface area contributed by atoms with Crippen molar-refractivity contribution in [3.63, 3.8) is 0 Å². The molecule has 6 N–H and O–H groups in total. The Balaban J connectivity index is 1.68.